The molecule has 1 atom stereocenters. The van der Waals surface area contributed by atoms with Gasteiger partial charge < -0.3 is 15.6 Å². The summed E-state index contributed by atoms with van der Waals surface area (Å²) in [5, 5.41) is 21.3. The summed E-state index contributed by atoms with van der Waals surface area (Å²) >= 11 is 0. The number of aliphatic hydroxyl groups is 2. The van der Waals surface area contributed by atoms with Gasteiger partial charge >= 0.3 is 0 Å². The van der Waals surface area contributed by atoms with E-state index in [0.29, 0.717) is 5.70 Å². The van der Waals surface area contributed by atoms with E-state index in [0.717, 1.165) is 25.9 Å². The normalized spacial score (nSPS) is 32.2. The first-order valence-electron chi connectivity index (χ1n) is 5.71. The van der Waals surface area contributed by atoms with Crippen molar-refractivity contribution in [2.75, 3.05) is 13.1 Å². The van der Waals surface area contributed by atoms with Gasteiger partial charge in [0.15, 0.2) is 5.76 Å². The van der Waals surface area contributed by atoms with E-state index in [2.05, 4.69) is 5.43 Å². The van der Waals surface area contributed by atoms with Gasteiger partial charge in [-0.2, -0.15) is 0 Å². The Bertz CT molecular complexity index is 330. The molecule has 1 saturated heterocycles. The van der Waals surface area contributed by atoms with Crippen LogP contribution in [0.1, 0.15) is 32.6 Å². The molecule has 0 saturated carbocycles. The molecule has 5 heteroatoms. The first-order valence-corrected chi connectivity index (χ1v) is 5.71. The van der Waals surface area contributed by atoms with Crippen LogP contribution in [-0.2, 0) is 4.79 Å². The van der Waals surface area contributed by atoms with Crippen LogP contribution in [0.5, 0.6) is 0 Å². The molecule has 0 aromatic heterocycles. The number of rotatable bonds is 2. The molecule has 1 unspecified atom stereocenters. The van der Waals surface area contributed by atoms with Gasteiger partial charge in [0.05, 0.1) is 5.70 Å². The molecule has 1 fully saturated rings. The number of nitrogens with zero attached hydrogens (tertiary/aromatic N) is 1. The lowest BCUT2D eigenvalue weighted by molar-refractivity contribution is -0.132. The highest BCUT2D eigenvalue weighted by Gasteiger charge is 2.42. The largest absolute Gasteiger partial charge is 0.503 e. The van der Waals surface area contributed by atoms with Crippen LogP contribution in [0.15, 0.2) is 11.5 Å². The molecular weight excluding hydrogens is 208 g/mol. The summed E-state index contributed by atoms with van der Waals surface area (Å²) < 4.78 is 0. The zero-order valence-electron chi connectivity index (χ0n) is 9.49. The smallest absolute Gasteiger partial charge is 0.230 e. The second kappa shape index (κ2) is 4.07. The van der Waals surface area contributed by atoms with Crippen LogP contribution in [-0.4, -0.2) is 39.7 Å². The monoisotopic (exact) mass is 226 g/mol. The lowest BCUT2D eigenvalue weighted by Gasteiger charge is -2.28. The quantitative estimate of drug-likeness (QED) is 0.638. The highest BCUT2D eigenvalue weighted by Crippen LogP contribution is 2.28. The number of aliphatic hydroxyl groups excluding tert-OH is 1. The molecule has 0 radical (unpaired) electrons. The molecule has 0 amide bonds. The van der Waals surface area contributed by atoms with E-state index >= 15 is 0 Å². The fourth-order valence-electron chi connectivity index (χ4n) is 2.19. The minimum Gasteiger partial charge on any atom is -0.503 e. The maximum absolute atomic E-state index is 11.5. The van der Waals surface area contributed by atoms with Crippen LogP contribution in [0.4, 0.5) is 0 Å². The zero-order valence-corrected chi connectivity index (χ0v) is 9.49. The molecule has 0 aromatic carbocycles. The molecule has 0 aromatic rings. The maximum Gasteiger partial charge on any atom is 0.230 e. The van der Waals surface area contributed by atoms with Gasteiger partial charge in [-0.1, -0.05) is 6.42 Å². The Morgan fingerprint density at radius 2 is 1.94 bits per heavy atom. The van der Waals surface area contributed by atoms with Crippen LogP contribution in [0.2, 0.25) is 0 Å². The van der Waals surface area contributed by atoms with E-state index in [-0.39, 0.29) is 12.2 Å². The number of piperidine rings is 1. The fourth-order valence-corrected chi connectivity index (χ4v) is 2.19. The van der Waals surface area contributed by atoms with Crippen LogP contribution < -0.4 is 5.43 Å². The second-order valence-corrected chi connectivity index (χ2v) is 4.77. The summed E-state index contributed by atoms with van der Waals surface area (Å²) in [6, 6.07) is 0. The third kappa shape index (κ3) is 2.05. The van der Waals surface area contributed by atoms with E-state index in [1.165, 1.54) is 13.3 Å². The van der Waals surface area contributed by atoms with Crippen molar-refractivity contribution in [3.63, 3.8) is 0 Å². The highest BCUT2D eigenvalue weighted by molar-refractivity contribution is 6.02. The Balaban J connectivity index is 2.02. The molecule has 1 heterocycles. The topological polar surface area (TPSA) is 72.8 Å². The average Bonchev–Trinajstić information content (AvgIpc) is 2.44. The number of ketones is 1. The SMILES string of the molecule is CC1(O)CC(NN2CCCCC2)=C(O)C1=O. The molecule has 5 nitrogen and oxygen atoms in total. The lowest BCUT2D eigenvalue weighted by Crippen LogP contribution is -2.41. The van der Waals surface area contributed by atoms with Crippen molar-refractivity contribution in [2.45, 2.75) is 38.2 Å². The van der Waals surface area contributed by atoms with E-state index in [1.54, 1.807) is 0 Å². The predicted molar refractivity (Wildman–Crippen MR) is 58.5 cm³/mol. The summed E-state index contributed by atoms with van der Waals surface area (Å²) in [6.45, 7) is 3.25. The van der Waals surface area contributed by atoms with Crippen molar-refractivity contribution in [3.8, 4) is 0 Å². The molecule has 1 aliphatic heterocycles. The van der Waals surface area contributed by atoms with Gasteiger partial charge in [-0.15, -0.1) is 0 Å². The first-order chi connectivity index (χ1) is 7.50. The van der Waals surface area contributed by atoms with Crippen molar-refractivity contribution >= 4 is 5.78 Å². The van der Waals surface area contributed by atoms with Crippen molar-refractivity contribution in [1.82, 2.24) is 10.4 Å². The molecule has 1 aliphatic carbocycles. The van der Waals surface area contributed by atoms with E-state index in [1.807, 2.05) is 5.01 Å². The van der Waals surface area contributed by atoms with Crippen molar-refractivity contribution < 1.29 is 15.0 Å². The predicted octanol–water partition coefficient (Wildman–Crippen LogP) is 0.470. The maximum atomic E-state index is 11.5. The molecular formula is C11H18N2O3. The van der Waals surface area contributed by atoms with E-state index < -0.39 is 11.4 Å². The number of Topliss-reactive ketones (excluding diaryl/α,β-unsaturated/α-hetero) is 1. The van der Waals surface area contributed by atoms with Gasteiger partial charge in [0.1, 0.15) is 5.60 Å². The number of carbonyl (C=O) groups excluding carboxylic acids is 1. The second-order valence-electron chi connectivity index (χ2n) is 4.77. The number of hydrogen-bond donors (Lipinski definition) is 3. The Morgan fingerprint density at radius 1 is 1.31 bits per heavy atom. The molecule has 90 valence electrons. The molecule has 16 heavy (non-hydrogen) atoms. The summed E-state index contributed by atoms with van der Waals surface area (Å²) in [5.41, 5.74) is 2.02. The van der Waals surface area contributed by atoms with Crippen LogP contribution in [0.3, 0.4) is 0 Å². The number of carbonyl (C=O) groups is 1. The minimum atomic E-state index is -1.46. The van der Waals surface area contributed by atoms with E-state index in [4.69, 9.17) is 0 Å². The zero-order chi connectivity index (χ0) is 11.8. The van der Waals surface area contributed by atoms with Crippen molar-refractivity contribution in [1.29, 1.82) is 0 Å². The third-order valence-electron chi connectivity index (χ3n) is 3.16. The van der Waals surface area contributed by atoms with Crippen LogP contribution >= 0.6 is 0 Å². The summed E-state index contributed by atoms with van der Waals surface area (Å²) in [4.78, 5) is 11.5. The average molecular weight is 226 g/mol. The molecule has 0 bridgehead atoms. The molecule has 2 rings (SSSR count). The summed E-state index contributed by atoms with van der Waals surface area (Å²) in [7, 11) is 0. The lowest BCUT2D eigenvalue weighted by atomic mass is 10.0. The number of nitrogens with one attached hydrogen (secondary N) is 1. The Labute approximate surface area is 94.7 Å². The first kappa shape index (κ1) is 11.4. The summed E-state index contributed by atoms with van der Waals surface area (Å²) in [5.74, 6) is -0.914. The van der Waals surface area contributed by atoms with Gasteiger partial charge in [-0.3, -0.25) is 4.79 Å². The summed E-state index contributed by atoms with van der Waals surface area (Å²) in [6.07, 6.45) is 3.62. The minimum absolute atomic E-state index is 0.161. The van der Waals surface area contributed by atoms with Gasteiger partial charge in [-0.25, -0.2) is 5.01 Å². The van der Waals surface area contributed by atoms with Gasteiger partial charge in [0, 0.05) is 19.5 Å². The molecule has 0 spiro atoms. The Morgan fingerprint density at radius 3 is 2.44 bits per heavy atom. The Kier molecular flexibility index (Phi) is 2.90. The Hall–Kier alpha value is -1.07. The standard InChI is InChI=1S/C11H18N2O3/c1-11(16)7-8(9(14)10(11)15)12-13-5-3-2-4-6-13/h12,14,16H,2-7H2,1H3. The third-order valence-corrected chi connectivity index (χ3v) is 3.16. The molecule has 3 N–H and O–H groups in total. The van der Waals surface area contributed by atoms with Gasteiger partial charge in [-0.05, 0) is 19.8 Å². The number of hydrogen-bond acceptors (Lipinski definition) is 5. The van der Waals surface area contributed by atoms with E-state index in [9.17, 15) is 15.0 Å². The fraction of sp³-hybridized carbons (Fsp3) is 0.727. The molecule has 2 aliphatic rings. The van der Waals surface area contributed by atoms with Crippen molar-refractivity contribution in [3.05, 3.63) is 11.5 Å². The van der Waals surface area contributed by atoms with Crippen molar-refractivity contribution in [2.24, 2.45) is 0 Å². The number of hydrazine groups is 1. The van der Waals surface area contributed by atoms with Gasteiger partial charge in [0.25, 0.3) is 0 Å². The van der Waals surface area contributed by atoms with Gasteiger partial charge in [0.2, 0.25) is 5.78 Å². The highest BCUT2D eigenvalue weighted by atomic mass is 16.3. The van der Waals surface area contributed by atoms with Crippen LogP contribution in [0.25, 0.3) is 0 Å². The van der Waals surface area contributed by atoms with Crippen LogP contribution in [0, 0.1) is 0 Å².